The molecule has 0 radical (unpaired) electrons. The highest BCUT2D eigenvalue weighted by molar-refractivity contribution is 5.74. The third-order valence-electron chi connectivity index (χ3n) is 4.88. The van der Waals surface area contributed by atoms with Crippen molar-refractivity contribution in [3.63, 3.8) is 0 Å². The molecule has 21 heavy (non-hydrogen) atoms. The van der Waals surface area contributed by atoms with Gasteiger partial charge in [-0.2, -0.15) is 0 Å². The van der Waals surface area contributed by atoms with E-state index in [0.717, 1.165) is 57.2 Å². The highest BCUT2D eigenvalue weighted by atomic mass is 16.4. The minimum absolute atomic E-state index is 0.302. The summed E-state index contributed by atoms with van der Waals surface area (Å²) < 4.78 is 1.75. The molecule has 0 aliphatic heterocycles. The van der Waals surface area contributed by atoms with Crippen LogP contribution in [0.4, 0.5) is 0 Å². The lowest BCUT2D eigenvalue weighted by Crippen LogP contribution is -2.36. The molecule has 1 aromatic rings. The van der Waals surface area contributed by atoms with Gasteiger partial charge in [0.05, 0.1) is 12.0 Å². The normalized spacial score (nSPS) is 18.6. The highest BCUT2D eigenvalue weighted by Gasteiger charge is 2.40. The van der Waals surface area contributed by atoms with Crippen molar-refractivity contribution < 1.29 is 9.90 Å². The van der Waals surface area contributed by atoms with E-state index in [9.17, 15) is 9.90 Å². The molecule has 1 heterocycles. The summed E-state index contributed by atoms with van der Waals surface area (Å²) >= 11 is 0. The molecule has 0 saturated heterocycles. The molecule has 1 aromatic heterocycles. The minimum atomic E-state index is -0.702. The molecule has 2 rings (SSSR count). The van der Waals surface area contributed by atoms with Gasteiger partial charge in [-0.1, -0.05) is 39.5 Å². The number of hydrogen-bond acceptors (Lipinski definition) is 4. The van der Waals surface area contributed by atoms with E-state index in [2.05, 4.69) is 29.4 Å². The van der Waals surface area contributed by atoms with Crippen LogP contribution in [0.3, 0.4) is 0 Å². The third-order valence-corrected chi connectivity index (χ3v) is 4.88. The van der Waals surface area contributed by atoms with Gasteiger partial charge < -0.3 is 5.11 Å². The third kappa shape index (κ3) is 3.41. The molecule has 1 aliphatic carbocycles. The van der Waals surface area contributed by atoms with E-state index in [4.69, 9.17) is 0 Å². The molecule has 0 aromatic carbocycles. The number of carboxylic acid groups (broad SMARTS) is 1. The molecule has 0 bridgehead atoms. The Morgan fingerprint density at radius 1 is 1.24 bits per heavy atom. The molecular weight excluding hydrogens is 268 g/mol. The Morgan fingerprint density at radius 2 is 1.86 bits per heavy atom. The number of aromatic nitrogens is 4. The Kier molecular flexibility index (Phi) is 5.31. The molecule has 1 N–H and O–H groups in total. The van der Waals surface area contributed by atoms with Crippen LogP contribution in [-0.2, 0) is 11.3 Å². The summed E-state index contributed by atoms with van der Waals surface area (Å²) in [6.45, 7) is 4.64. The number of tetrazole rings is 1. The average Bonchev–Trinajstić information content (AvgIpc) is 2.77. The molecule has 0 spiro atoms. The second kappa shape index (κ2) is 7.00. The first kappa shape index (κ1) is 15.9. The summed E-state index contributed by atoms with van der Waals surface area (Å²) in [5.41, 5.74) is -0.702. The first-order chi connectivity index (χ1) is 10.1. The van der Waals surface area contributed by atoms with Crippen molar-refractivity contribution in [2.75, 3.05) is 0 Å². The Balaban J connectivity index is 2.25. The van der Waals surface area contributed by atoms with Gasteiger partial charge in [0.25, 0.3) is 0 Å². The van der Waals surface area contributed by atoms with Crippen molar-refractivity contribution in [2.45, 2.75) is 77.7 Å². The van der Waals surface area contributed by atoms with Gasteiger partial charge in [-0.3, -0.25) is 4.79 Å². The van der Waals surface area contributed by atoms with E-state index in [-0.39, 0.29) is 0 Å². The van der Waals surface area contributed by atoms with Gasteiger partial charge in [0.1, 0.15) is 0 Å². The van der Waals surface area contributed by atoms with Crippen molar-refractivity contribution in [2.24, 2.45) is 5.41 Å². The largest absolute Gasteiger partial charge is 0.481 e. The van der Waals surface area contributed by atoms with E-state index in [1.165, 1.54) is 0 Å². The predicted molar refractivity (Wildman–Crippen MR) is 78.9 cm³/mol. The number of nitrogens with zero attached hydrogens (tertiary/aromatic N) is 4. The molecule has 1 fully saturated rings. The number of hydrogen-bond donors (Lipinski definition) is 1. The van der Waals surface area contributed by atoms with Crippen LogP contribution in [0.1, 0.15) is 77.0 Å². The van der Waals surface area contributed by atoms with E-state index in [1.807, 2.05) is 0 Å². The lowest BCUT2D eigenvalue weighted by Gasteiger charge is -2.28. The van der Waals surface area contributed by atoms with Crippen LogP contribution in [0.2, 0.25) is 0 Å². The van der Waals surface area contributed by atoms with E-state index in [0.29, 0.717) is 12.5 Å². The van der Waals surface area contributed by atoms with Crippen molar-refractivity contribution in [3.8, 4) is 0 Å². The smallest absolute Gasteiger partial charge is 0.311 e. The molecule has 0 amide bonds. The number of carbonyl (C=O) groups is 1. The zero-order valence-corrected chi connectivity index (χ0v) is 13.1. The molecule has 6 heteroatoms. The Morgan fingerprint density at radius 3 is 2.38 bits per heavy atom. The Labute approximate surface area is 125 Å². The topological polar surface area (TPSA) is 80.9 Å². The average molecular weight is 294 g/mol. The van der Waals surface area contributed by atoms with Crippen LogP contribution in [0, 0.1) is 5.41 Å². The zero-order valence-electron chi connectivity index (χ0n) is 13.1. The summed E-state index contributed by atoms with van der Waals surface area (Å²) in [4.78, 5) is 11.9. The van der Waals surface area contributed by atoms with Gasteiger partial charge in [0, 0.05) is 5.92 Å². The van der Waals surface area contributed by atoms with E-state index < -0.39 is 11.4 Å². The van der Waals surface area contributed by atoms with Crippen LogP contribution in [0.25, 0.3) is 0 Å². The van der Waals surface area contributed by atoms with Crippen molar-refractivity contribution in [1.29, 1.82) is 0 Å². The molecule has 118 valence electrons. The van der Waals surface area contributed by atoms with E-state index in [1.54, 1.807) is 4.68 Å². The molecule has 1 saturated carbocycles. The van der Waals surface area contributed by atoms with Gasteiger partial charge in [0.15, 0.2) is 5.82 Å². The van der Waals surface area contributed by atoms with E-state index >= 15 is 0 Å². The monoisotopic (exact) mass is 294 g/mol. The number of rotatable bonds is 6. The van der Waals surface area contributed by atoms with Crippen LogP contribution < -0.4 is 0 Å². The molecule has 1 aliphatic rings. The quantitative estimate of drug-likeness (QED) is 0.816. The lowest BCUT2D eigenvalue weighted by atomic mass is 9.80. The maximum atomic E-state index is 11.9. The summed E-state index contributed by atoms with van der Waals surface area (Å²) in [6.07, 6.45) is 7.61. The maximum absolute atomic E-state index is 11.9. The first-order valence-corrected chi connectivity index (χ1v) is 8.12. The fourth-order valence-electron chi connectivity index (χ4n) is 3.40. The molecule has 0 atom stereocenters. The molecular formula is C15H26N4O2. The van der Waals surface area contributed by atoms with Crippen molar-refractivity contribution in [3.05, 3.63) is 5.82 Å². The van der Waals surface area contributed by atoms with Gasteiger partial charge in [-0.15, -0.1) is 5.10 Å². The van der Waals surface area contributed by atoms with Gasteiger partial charge in [-0.05, 0) is 36.1 Å². The summed E-state index contributed by atoms with van der Waals surface area (Å²) in [6, 6.07) is 0. The van der Waals surface area contributed by atoms with Crippen molar-refractivity contribution in [1.82, 2.24) is 20.2 Å². The Bertz CT molecular complexity index is 460. The number of aliphatic carboxylic acids is 1. The fourth-order valence-corrected chi connectivity index (χ4v) is 3.40. The summed E-state index contributed by atoms with van der Waals surface area (Å²) in [7, 11) is 0. The Hall–Kier alpha value is -1.46. The highest BCUT2D eigenvalue weighted by Crippen LogP contribution is 2.37. The standard InChI is InChI=1S/C15H26N4O2/c1-3-12(4-2)13-16-17-18-19(13)11-15(14(20)21)9-7-5-6-8-10-15/h12H,3-11H2,1-2H3,(H,20,21). The van der Waals surface area contributed by atoms with Crippen LogP contribution in [-0.4, -0.2) is 31.3 Å². The van der Waals surface area contributed by atoms with Crippen LogP contribution in [0.5, 0.6) is 0 Å². The minimum Gasteiger partial charge on any atom is -0.481 e. The second-order valence-electron chi connectivity index (χ2n) is 6.21. The SMILES string of the molecule is CCC(CC)c1nnnn1CC1(C(=O)O)CCCCCC1. The molecule has 6 nitrogen and oxygen atoms in total. The van der Waals surface area contributed by atoms with Crippen LogP contribution in [0.15, 0.2) is 0 Å². The van der Waals surface area contributed by atoms with Gasteiger partial charge >= 0.3 is 5.97 Å². The lowest BCUT2D eigenvalue weighted by molar-refractivity contribution is -0.151. The zero-order chi connectivity index (χ0) is 15.3. The van der Waals surface area contributed by atoms with Crippen LogP contribution >= 0.6 is 0 Å². The van der Waals surface area contributed by atoms with Gasteiger partial charge in [-0.25, -0.2) is 4.68 Å². The maximum Gasteiger partial charge on any atom is 0.311 e. The molecule has 0 unspecified atom stereocenters. The van der Waals surface area contributed by atoms with Crippen molar-refractivity contribution >= 4 is 5.97 Å². The fraction of sp³-hybridized carbons (Fsp3) is 0.867. The second-order valence-corrected chi connectivity index (χ2v) is 6.21. The predicted octanol–water partition coefficient (Wildman–Crippen LogP) is 3.00. The number of carboxylic acids is 1. The first-order valence-electron chi connectivity index (χ1n) is 8.12. The summed E-state index contributed by atoms with van der Waals surface area (Å²) in [5.74, 6) is 0.442. The van der Waals surface area contributed by atoms with Gasteiger partial charge in [0.2, 0.25) is 0 Å². The summed E-state index contributed by atoms with van der Waals surface area (Å²) in [5, 5.41) is 21.8.